The van der Waals surface area contributed by atoms with Gasteiger partial charge in [0.05, 0.1) is 12.5 Å². The summed E-state index contributed by atoms with van der Waals surface area (Å²) in [4.78, 5) is 66.0. The maximum absolute atomic E-state index is 13.4. The van der Waals surface area contributed by atoms with Crippen molar-refractivity contribution >= 4 is 35.6 Å². The number of aliphatic carboxylic acids is 1. The molecule has 4 amide bonds. The largest absolute Gasteiger partial charge is 0.508 e. The number of carboxylic acid groups (broad SMARTS) is 1. The predicted octanol–water partition coefficient (Wildman–Crippen LogP) is -2.22. The third kappa shape index (κ3) is 12.0. The lowest BCUT2D eigenvalue weighted by Gasteiger charge is -2.26. The van der Waals surface area contributed by atoms with Gasteiger partial charge in [0.25, 0.3) is 0 Å². The first-order valence-electron chi connectivity index (χ1n) is 12.8. The van der Waals surface area contributed by atoms with Crippen LogP contribution in [-0.2, 0) is 30.4 Å². The summed E-state index contributed by atoms with van der Waals surface area (Å²) in [6, 6.07) is 0.802. The van der Waals surface area contributed by atoms with Crippen LogP contribution < -0.4 is 38.9 Å². The first kappa shape index (κ1) is 33.6. The van der Waals surface area contributed by atoms with Crippen LogP contribution in [0, 0.1) is 5.92 Å². The topological polar surface area (TPSA) is 278 Å². The van der Waals surface area contributed by atoms with Crippen LogP contribution in [0.2, 0.25) is 0 Å². The monoisotopic (exact) mass is 564 g/mol. The lowest BCUT2D eigenvalue weighted by atomic mass is 9.98. The highest BCUT2D eigenvalue weighted by molar-refractivity contribution is 5.95. The molecule has 15 heteroatoms. The molecule has 5 unspecified atom stereocenters. The fraction of sp³-hybridized carbons (Fsp3) is 0.520. The number of carbonyl (C=O) groups excluding carboxylic acids is 4. The van der Waals surface area contributed by atoms with Gasteiger partial charge in [-0.05, 0) is 36.5 Å². The smallest absolute Gasteiger partial charge is 0.326 e. The highest BCUT2D eigenvalue weighted by Gasteiger charge is 2.31. The Morgan fingerprint density at radius 2 is 1.45 bits per heavy atom. The van der Waals surface area contributed by atoms with Gasteiger partial charge in [0.15, 0.2) is 5.96 Å². The molecule has 0 aromatic heterocycles. The average Bonchev–Trinajstić information content (AvgIpc) is 2.89. The first-order chi connectivity index (χ1) is 18.7. The van der Waals surface area contributed by atoms with E-state index in [2.05, 4.69) is 20.9 Å². The Labute approximate surface area is 232 Å². The van der Waals surface area contributed by atoms with Gasteiger partial charge in [-0.2, -0.15) is 0 Å². The fourth-order valence-electron chi connectivity index (χ4n) is 3.58. The number of benzene rings is 1. The Morgan fingerprint density at radius 1 is 0.900 bits per heavy atom. The number of carboxylic acids is 1. The van der Waals surface area contributed by atoms with E-state index < -0.39 is 60.2 Å². The van der Waals surface area contributed by atoms with Gasteiger partial charge in [0.1, 0.15) is 23.9 Å². The van der Waals surface area contributed by atoms with Crippen molar-refractivity contribution in [3.05, 3.63) is 29.8 Å². The summed E-state index contributed by atoms with van der Waals surface area (Å²) in [6.45, 7) is 3.83. The van der Waals surface area contributed by atoms with Crippen LogP contribution in [-0.4, -0.2) is 76.5 Å². The molecule has 13 N–H and O–H groups in total. The number of phenols is 1. The Balaban J connectivity index is 3.22. The van der Waals surface area contributed by atoms with Crippen LogP contribution in [0.4, 0.5) is 0 Å². The number of primary amides is 1. The quantitative estimate of drug-likeness (QED) is 0.0558. The molecule has 0 saturated carbocycles. The molecule has 0 bridgehead atoms. The number of carbonyl (C=O) groups is 5. The lowest BCUT2D eigenvalue weighted by molar-refractivity contribution is -0.143. The third-order valence-corrected chi connectivity index (χ3v) is 6.17. The number of phenolic OH excluding ortho intramolecular Hbond substituents is 1. The Morgan fingerprint density at radius 3 is 1.98 bits per heavy atom. The van der Waals surface area contributed by atoms with E-state index in [0.29, 0.717) is 18.4 Å². The minimum atomic E-state index is -1.63. The zero-order valence-electron chi connectivity index (χ0n) is 22.6. The van der Waals surface area contributed by atoms with Crippen molar-refractivity contribution in [2.45, 2.75) is 70.1 Å². The molecule has 0 radical (unpaired) electrons. The molecular formula is C25H40N8O7. The molecule has 0 aliphatic heterocycles. The molecule has 222 valence electrons. The van der Waals surface area contributed by atoms with Gasteiger partial charge >= 0.3 is 5.97 Å². The van der Waals surface area contributed by atoms with Gasteiger partial charge < -0.3 is 49.1 Å². The van der Waals surface area contributed by atoms with Crippen molar-refractivity contribution in [2.75, 3.05) is 6.54 Å². The summed E-state index contributed by atoms with van der Waals surface area (Å²) in [5.41, 5.74) is 22.3. The normalized spacial score (nSPS) is 14.5. The van der Waals surface area contributed by atoms with Gasteiger partial charge in [-0.3, -0.25) is 24.2 Å². The second kappa shape index (κ2) is 16.5. The molecule has 5 atom stereocenters. The van der Waals surface area contributed by atoms with Gasteiger partial charge in [0, 0.05) is 13.0 Å². The number of hydrogen-bond acceptors (Lipinski definition) is 8. The Bertz CT molecular complexity index is 1060. The van der Waals surface area contributed by atoms with E-state index in [1.165, 1.54) is 24.3 Å². The van der Waals surface area contributed by atoms with E-state index in [-0.39, 0.29) is 37.0 Å². The number of nitrogens with one attached hydrogen (secondary N) is 3. The number of hydrogen-bond donors (Lipinski definition) is 9. The second-order valence-corrected chi connectivity index (χ2v) is 9.42. The summed E-state index contributed by atoms with van der Waals surface area (Å²) in [5, 5.41) is 26.3. The molecule has 40 heavy (non-hydrogen) atoms. The van der Waals surface area contributed by atoms with Crippen LogP contribution in [0.25, 0.3) is 0 Å². The zero-order chi connectivity index (χ0) is 30.4. The molecule has 0 saturated heterocycles. The van der Waals surface area contributed by atoms with E-state index in [0.717, 1.165) is 0 Å². The summed E-state index contributed by atoms with van der Waals surface area (Å²) >= 11 is 0. The molecule has 1 rings (SSSR count). The van der Waals surface area contributed by atoms with Crippen molar-refractivity contribution in [3.8, 4) is 5.75 Å². The summed E-state index contributed by atoms with van der Waals surface area (Å²) in [7, 11) is 0. The van der Waals surface area contributed by atoms with E-state index in [9.17, 15) is 34.2 Å². The number of nitrogens with zero attached hydrogens (tertiary/aromatic N) is 1. The second-order valence-electron chi connectivity index (χ2n) is 9.42. The molecule has 1 aromatic rings. The van der Waals surface area contributed by atoms with E-state index >= 15 is 0 Å². The molecule has 15 nitrogen and oxygen atoms in total. The Kier molecular flexibility index (Phi) is 13.9. The molecule has 0 aliphatic carbocycles. The van der Waals surface area contributed by atoms with Gasteiger partial charge in [0.2, 0.25) is 23.6 Å². The molecular weight excluding hydrogens is 524 g/mol. The van der Waals surface area contributed by atoms with Crippen LogP contribution in [0.3, 0.4) is 0 Å². The van der Waals surface area contributed by atoms with Crippen molar-refractivity contribution in [3.63, 3.8) is 0 Å². The van der Waals surface area contributed by atoms with Crippen LogP contribution in [0.5, 0.6) is 5.75 Å². The number of aromatic hydroxyl groups is 1. The number of guanidine groups is 1. The molecule has 0 spiro atoms. The molecule has 1 aromatic carbocycles. The van der Waals surface area contributed by atoms with E-state index in [1.54, 1.807) is 6.92 Å². The number of aliphatic imine (C=N–C) groups is 1. The van der Waals surface area contributed by atoms with Crippen molar-refractivity contribution < 1.29 is 34.2 Å². The average molecular weight is 565 g/mol. The Hall–Kier alpha value is -4.40. The van der Waals surface area contributed by atoms with Crippen LogP contribution in [0.15, 0.2) is 29.3 Å². The zero-order valence-corrected chi connectivity index (χ0v) is 22.6. The third-order valence-electron chi connectivity index (χ3n) is 6.17. The highest BCUT2D eigenvalue weighted by atomic mass is 16.4. The molecule has 0 heterocycles. The number of nitrogens with two attached hydrogens (primary N) is 4. The minimum Gasteiger partial charge on any atom is -0.508 e. The number of amides is 4. The molecule has 0 aliphatic rings. The molecule has 0 fully saturated rings. The van der Waals surface area contributed by atoms with Crippen LogP contribution in [0.1, 0.15) is 45.1 Å². The van der Waals surface area contributed by atoms with Crippen molar-refractivity contribution in [2.24, 2.45) is 33.8 Å². The highest BCUT2D eigenvalue weighted by Crippen LogP contribution is 2.13. The summed E-state index contributed by atoms with van der Waals surface area (Å²) < 4.78 is 0. The van der Waals surface area contributed by atoms with Gasteiger partial charge in [-0.1, -0.05) is 32.4 Å². The summed E-state index contributed by atoms with van der Waals surface area (Å²) in [6.07, 6.45) is 0.235. The summed E-state index contributed by atoms with van der Waals surface area (Å²) in [5.74, 6) is -4.99. The maximum atomic E-state index is 13.4. The predicted molar refractivity (Wildman–Crippen MR) is 146 cm³/mol. The van der Waals surface area contributed by atoms with E-state index in [4.69, 9.17) is 22.9 Å². The van der Waals surface area contributed by atoms with E-state index in [1.807, 2.05) is 6.92 Å². The standard InChI is InChI=1S/C25H40N8O7/c1-3-13(2)20(27)23(38)31-16(5-4-10-30-25(28)29)21(36)32-17(11-14-6-8-15(34)9-7-14)22(37)33-18(24(39)40)12-19(26)35/h6-9,13,16-18,20,34H,3-5,10-12,27H2,1-2H3,(H2,26,35)(H,31,38)(H,32,36)(H,33,37)(H,39,40)(H4,28,29,30). The van der Waals surface area contributed by atoms with Crippen LogP contribution >= 0.6 is 0 Å². The van der Waals surface area contributed by atoms with Crippen molar-refractivity contribution in [1.82, 2.24) is 16.0 Å². The minimum absolute atomic E-state index is 0.0256. The fourth-order valence-corrected chi connectivity index (χ4v) is 3.58. The first-order valence-corrected chi connectivity index (χ1v) is 12.8. The van der Waals surface area contributed by atoms with Crippen molar-refractivity contribution in [1.29, 1.82) is 0 Å². The lowest BCUT2D eigenvalue weighted by Crippen LogP contribution is -2.58. The van der Waals surface area contributed by atoms with Gasteiger partial charge in [-0.25, -0.2) is 4.79 Å². The maximum Gasteiger partial charge on any atom is 0.326 e. The number of rotatable bonds is 17. The van der Waals surface area contributed by atoms with Gasteiger partial charge in [-0.15, -0.1) is 0 Å². The SMILES string of the molecule is CCC(C)C(N)C(=O)NC(CCCN=C(N)N)C(=O)NC(Cc1ccc(O)cc1)C(=O)NC(CC(N)=O)C(=O)O.